The van der Waals surface area contributed by atoms with Crippen LogP contribution in [0.2, 0.25) is 5.02 Å². The SMILES string of the molecule is C[C@H]1CN(CC2(C(F)(F)F)CC2)CCN1c1cc(NC(=O)Cn2cc(C3C#CC(F)=C(O)C(C(N)=O)=C3)c3c(=O)n(C)cnc32)c(Cl)cn1. The standard InChI is InChI=1S/C32H31ClF4N8O4/c1-17-12-43(15-31(5-6-31)32(35,36)37)7-8-45(17)24-10-23(21(33)11-39-24)41-25(46)14-44-13-20(26-29(44)40-16-42(2)30(26)49)18-3-4-22(34)27(47)19(9-18)28(38)48/h9-11,13,16-18,47H,5-8,12,14-15H2,1-2H3,(H2,38,48)(H,39,41,46)/t17-,18?/m0/s1. The van der Waals surface area contributed by atoms with Crippen LogP contribution in [-0.2, 0) is 23.2 Å². The normalized spacial score (nSPS) is 20.8. The van der Waals surface area contributed by atoms with Crippen LogP contribution < -0.4 is 21.5 Å². The van der Waals surface area contributed by atoms with Gasteiger partial charge in [0.15, 0.2) is 5.76 Å². The molecule has 3 aliphatic rings. The van der Waals surface area contributed by atoms with E-state index in [1.807, 2.05) is 16.7 Å². The molecule has 4 heterocycles. The smallest absolute Gasteiger partial charge is 0.395 e. The van der Waals surface area contributed by atoms with E-state index in [0.29, 0.717) is 25.5 Å². The number of anilines is 2. The number of piperazine rings is 1. The van der Waals surface area contributed by atoms with Crippen LogP contribution in [0.1, 0.15) is 31.2 Å². The number of allylic oxidation sites excluding steroid dienone is 2. The summed E-state index contributed by atoms with van der Waals surface area (Å²) in [5.74, 6) is 0.160. The summed E-state index contributed by atoms with van der Waals surface area (Å²) in [5.41, 5.74) is 3.23. The molecule has 1 unspecified atom stereocenters. The van der Waals surface area contributed by atoms with E-state index in [1.165, 1.54) is 34.9 Å². The summed E-state index contributed by atoms with van der Waals surface area (Å²) < 4.78 is 57.5. The van der Waals surface area contributed by atoms with Gasteiger partial charge in [-0.2, -0.15) is 17.6 Å². The number of carbonyl (C=O) groups excluding carboxylic acids is 2. The van der Waals surface area contributed by atoms with Crippen molar-refractivity contribution in [1.29, 1.82) is 0 Å². The van der Waals surface area contributed by atoms with Gasteiger partial charge in [0.1, 0.15) is 18.0 Å². The van der Waals surface area contributed by atoms with Crippen LogP contribution in [0.4, 0.5) is 29.1 Å². The van der Waals surface area contributed by atoms with Crippen molar-refractivity contribution in [2.24, 2.45) is 18.2 Å². The van der Waals surface area contributed by atoms with Gasteiger partial charge < -0.3 is 30.2 Å². The summed E-state index contributed by atoms with van der Waals surface area (Å²) in [6, 6.07) is 1.42. The minimum atomic E-state index is -4.23. The van der Waals surface area contributed by atoms with Gasteiger partial charge in [0, 0.05) is 57.1 Å². The zero-order chi connectivity index (χ0) is 35.4. The number of aryl methyl sites for hydroxylation is 1. The molecule has 17 heteroatoms. The molecule has 1 saturated heterocycles. The first-order chi connectivity index (χ1) is 23.1. The number of pyridine rings is 1. The number of amides is 2. The predicted molar refractivity (Wildman–Crippen MR) is 172 cm³/mol. The molecule has 3 aromatic rings. The number of aliphatic hydroxyl groups is 1. The molecule has 0 aromatic carbocycles. The van der Waals surface area contributed by atoms with Crippen molar-refractivity contribution in [2.45, 2.75) is 44.4 Å². The Balaban J connectivity index is 1.22. The van der Waals surface area contributed by atoms with Crippen molar-refractivity contribution in [1.82, 2.24) is 24.0 Å². The third kappa shape index (κ3) is 6.47. The van der Waals surface area contributed by atoms with Crippen molar-refractivity contribution in [3.63, 3.8) is 0 Å². The topological polar surface area (TPSA) is 152 Å². The molecule has 258 valence electrons. The van der Waals surface area contributed by atoms with Crippen LogP contribution >= 0.6 is 11.6 Å². The van der Waals surface area contributed by atoms with Crippen LogP contribution in [0, 0.1) is 17.3 Å². The molecule has 2 amide bonds. The van der Waals surface area contributed by atoms with E-state index < -0.39 is 52.0 Å². The van der Waals surface area contributed by atoms with Crippen LogP contribution in [0.15, 0.2) is 52.8 Å². The number of aliphatic hydroxyl groups excluding tert-OH is 1. The number of hydrogen-bond donors (Lipinski definition) is 3. The Morgan fingerprint density at radius 1 is 1.24 bits per heavy atom. The van der Waals surface area contributed by atoms with Gasteiger partial charge in [-0.3, -0.25) is 19.3 Å². The minimum Gasteiger partial charge on any atom is -0.504 e. The van der Waals surface area contributed by atoms with E-state index in [0.717, 1.165) is 6.08 Å². The number of nitrogens with one attached hydrogen (secondary N) is 1. The lowest BCUT2D eigenvalue weighted by molar-refractivity contribution is -0.192. The monoisotopic (exact) mass is 702 g/mol. The van der Waals surface area contributed by atoms with E-state index >= 15 is 0 Å². The van der Waals surface area contributed by atoms with Gasteiger partial charge in [-0.25, -0.2) is 9.97 Å². The lowest BCUT2D eigenvalue weighted by Crippen LogP contribution is -2.54. The fourth-order valence-corrected chi connectivity index (χ4v) is 6.43. The Kier molecular flexibility index (Phi) is 8.70. The molecule has 3 aromatic heterocycles. The lowest BCUT2D eigenvalue weighted by Gasteiger charge is -2.42. The Labute approximate surface area is 281 Å². The fraction of sp³-hybridized carbons (Fsp3) is 0.406. The van der Waals surface area contributed by atoms with Crippen LogP contribution in [0.3, 0.4) is 0 Å². The van der Waals surface area contributed by atoms with Crippen molar-refractivity contribution in [3.8, 4) is 11.8 Å². The van der Waals surface area contributed by atoms with Gasteiger partial charge in [-0.1, -0.05) is 17.5 Å². The summed E-state index contributed by atoms with van der Waals surface area (Å²) in [5, 5.41) is 13.0. The van der Waals surface area contributed by atoms with Crippen molar-refractivity contribution in [3.05, 3.63) is 69.0 Å². The Morgan fingerprint density at radius 3 is 2.63 bits per heavy atom. The quantitative estimate of drug-likeness (QED) is 0.238. The maximum absolute atomic E-state index is 14.3. The predicted octanol–water partition coefficient (Wildman–Crippen LogP) is 3.53. The van der Waals surface area contributed by atoms with Crippen LogP contribution in [0.25, 0.3) is 11.0 Å². The van der Waals surface area contributed by atoms with E-state index in [4.69, 9.17) is 17.3 Å². The summed E-state index contributed by atoms with van der Waals surface area (Å²) in [6.45, 7) is 2.74. The maximum Gasteiger partial charge on any atom is 0.395 e. The summed E-state index contributed by atoms with van der Waals surface area (Å²) >= 11 is 6.39. The molecule has 12 nitrogen and oxygen atoms in total. The van der Waals surface area contributed by atoms with E-state index in [-0.39, 0.29) is 59.3 Å². The van der Waals surface area contributed by atoms with Gasteiger partial charge in [-0.15, -0.1) is 0 Å². The molecule has 1 saturated carbocycles. The molecule has 0 spiro atoms. The van der Waals surface area contributed by atoms with Gasteiger partial charge in [0.2, 0.25) is 11.7 Å². The van der Waals surface area contributed by atoms with Crippen molar-refractivity contribution < 1.29 is 32.3 Å². The largest absolute Gasteiger partial charge is 0.504 e. The maximum atomic E-state index is 14.3. The number of nitrogens with zero attached hydrogens (tertiary/aromatic N) is 6. The summed E-state index contributed by atoms with van der Waals surface area (Å²) in [4.78, 5) is 51.1. The fourth-order valence-electron chi connectivity index (χ4n) is 6.27. The van der Waals surface area contributed by atoms with E-state index in [1.54, 1.807) is 6.07 Å². The number of fused-ring (bicyclic) bond motifs is 1. The number of primary amides is 1. The molecule has 1 aliphatic heterocycles. The third-order valence-electron chi connectivity index (χ3n) is 9.12. The van der Waals surface area contributed by atoms with Gasteiger partial charge in [-0.05, 0) is 31.8 Å². The highest BCUT2D eigenvalue weighted by Gasteiger charge is 2.63. The number of halogens is 5. The Hall–Kier alpha value is -4.88. The summed E-state index contributed by atoms with van der Waals surface area (Å²) in [6.07, 6.45) is 1.26. The number of nitrogens with two attached hydrogens (primary N) is 1. The number of rotatable bonds is 8. The zero-order valence-electron chi connectivity index (χ0n) is 26.3. The van der Waals surface area contributed by atoms with Crippen LogP contribution in [-0.4, -0.2) is 79.3 Å². The molecule has 0 radical (unpaired) electrons. The molecule has 2 fully saturated rings. The first kappa shape index (κ1) is 34.0. The minimum absolute atomic E-state index is 0.0348. The van der Waals surface area contributed by atoms with E-state index in [2.05, 4.69) is 27.1 Å². The highest BCUT2D eigenvalue weighted by molar-refractivity contribution is 6.33. The molecule has 6 rings (SSSR count). The number of alkyl halides is 3. The number of carbonyl (C=O) groups is 2. The highest BCUT2D eigenvalue weighted by Crippen LogP contribution is 2.58. The third-order valence-corrected chi connectivity index (χ3v) is 9.42. The zero-order valence-corrected chi connectivity index (χ0v) is 27.1. The summed E-state index contributed by atoms with van der Waals surface area (Å²) in [7, 11) is 1.47. The van der Waals surface area contributed by atoms with Crippen molar-refractivity contribution >= 4 is 46.0 Å². The number of aromatic nitrogens is 4. The molecular formula is C32H31ClF4N8O4. The lowest BCUT2D eigenvalue weighted by atomic mass is 9.97. The van der Waals surface area contributed by atoms with Crippen LogP contribution in [0.5, 0.6) is 0 Å². The van der Waals surface area contributed by atoms with Gasteiger partial charge in [0.05, 0.1) is 45.5 Å². The average Bonchev–Trinajstić information content (AvgIpc) is 3.77. The van der Waals surface area contributed by atoms with Gasteiger partial charge in [0.25, 0.3) is 11.5 Å². The van der Waals surface area contributed by atoms with E-state index in [9.17, 15) is 37.1 Å². The molecule has 4 N–H and O–H groups in total. The highest BCUT2D eigenvalue weighted by atomic mass is 35.5. The molecular weight excluding hydrogens is 672 g/mol. The second-order valence-electron chi connectivity index (χ2n) is 12.6. The van der Waals surface area contributed by atoms with Gasteiger partial charge >= 0.3 is 6.18 Å². The molecule has 49 heavy (non-hydrogen) atoms. The second kappa shape index (κ2) is 12.5. The molecule has 2 aliphatic carbocycles. The Morgan fingerprint density at radius 2 is 1.98 bits per heavy atom. The van der Waals surface area contributed by atoms with Crippen molar-refractivity contribution in [2.75, 3.05) is 36.4 Å². The second-order valence-corrected chi connectivity index (χ2v) is 13.0. The Bertz CT molecular complexity index is 2060. The number of hydrogen-bond acceptors (Lipinski definition) is 8. The average molecular weight is 703 g/mol. The molecule has 2 atom stereocenters. The molecule has 0 bridgehead atoms. The first-order valence-corrected chi connectivity index (χ1v) is 15.6. The first-order valence-electron chi connectivity index (χ1n) is 15.3.